The van der Waals surface area contributed by atoms with E-state index in [9.17, 15) is 19.2 Å². The molecule has 1 heterocycles. The predicted octanol–water partition coefficient (Wildman–Crippen LogP) is 2.81. The van der Waals surface area contributed by atoms with Crippen molar-refractivity contribution in [2.75, 3.05) is 11.9 Å². The van der Waals surface area contributed by atoms with Gasteiger partial charge in [-0.3, -0.25) is 14.4 Å². The molecule has 2 aliphatic carbocycles. The number of esters is 1. The van der Waals surface area contributed by atoms with Crippen molar-refractivity contribution in [1.82, 2.24) is 15.1 Å². The number of amides is 2. The van der Waals surface area contributed by atoms with Crippen molar-refractivity contribution in [3.63, 3.8) is 0 Å². The summed E-state index contributed by atoms with van der Waals surface area (Å²) in [5.74, 6) is -1.17. The second-order valence-electron chi connectivity index (χ2n) is 12.0. The monoisotopic (exact) mass is 566 g/mol. The van der Waals surface area contributed by atoms with E-state index in [1.165, 1.54) is 0 Å². The SMILES string of the molecule is CCc1nn(-c2ccc(C(N)=O)c(NC3CCC(OC(=O)[C@H](C)NC(=O)CCN)CC3)c2)c2c1C(=O)CC(C)(C)C2. The molecule has 0 aliphatic heterocycles. The summed E-state index contributed by atoms with van der Waals surface area (Å²) in [6.07, 6.45) is 4.48. The lowest BCUT2D eigenvalue weighted by atomic mass is 9.75. The molecule has 6 N–H and O–H groups in total. The van der Waals surface area contributed by atoms with Crippen LogP contribution < -0.4 is 22.1 Å². The van der Waals surface area contributed by atoms with E-state index in [2.05, 4.69) is 24.5 Å². The molecule has 1 aromatic heterocycles. The number of ether oxygens (including phenoxy) is 1. The first-order valence-electron chi connectivity index (χ1n) is 14.5. The van der Waals surface area contributed by atoms with Gasteiger partial charge in [0.2, 0.25) is 5.91 Å². The first-order valence-corrected chi connectivity index (χ1v) is 14.5. The minimum absolute atomic E-state index is 0.0400. The molecule has 11 heteroatoms. The van der Waals surface area contributed by atoms with E-state index in [-0.39, 0.29) is 42.2 Å². The highest BCUT2D eigenvalue weighted by Gasteiger charge is 2.36. The van der Waals surface area contributed by atoms with Gasteiger partial charge >= 0.3 is 5.97 Å². The largest absolute Gasteiger partial charge is 0.461 e. The Labute approximate surface area is 240 Å². The van der Waals surface area contributed by atoms with E-state index in [1.54, 1.807) is 13.0 Å². The highest BCUT2D eigenvalue weighted by Crippen LogP contribution is 2.38. The minimum atomic E-state index is -0.743. The van der Waals surface area contributed by atoms with Crippen LogP contribution in [0.1, 0.15) is 98.3 Å². The number of anilines is 1. The van der Waals surface area contributed by atoms with E-state index in [1.807, 2.05) is 23.7 Å². The van der Waals surface area contributed by atoms with Gasteiger partial charge in [-0.15, -0.1) is 0 Å². The third-order valence-electron chi connectivity index (χ3n) is 7.88. The van der Waals surface area contributed by atoms with Crippen LogP contribution >= 0.6 is 0 Å². The quantitative estimate of drug-likeness (QED) is 0.318. The van der Waals surface area contributed by atoms with Gasteiger partial charge in [0.05, 0.1) is 28.2 Å². The summed E-state index contributed by atoms with van der Waals surface area (Å²) in [4.78, 5) is 49.5. The maximum Gasteiger partial charge on any atom is 0.328 e. The molecule has 11 nitrogen and oxygen atoms in total. The number of aromatic nitrogens is 2. The molecule has 0 radical (unpaired) electrons. The van der Waals surface area contributed by atoms with Gasteiger partial charge < -0.3 is 26.8 Å². The zero-order valence-corrected chi connectivity index (χ0v) is 24.4. The van der Waals surface area contributed by atoms with Gasteiger partial charge in [0.25, 0.3) is 5.91 Å². The van der Waals surface area contributed by atoms with Gasteiger partial charge in [-0.1, -0.05) is 20.8 Å². The molecule has 0 bridgehead atoms. The van der Waals surface area contributed by atoms with Gasteiger partial charge in [-0.05, 0) is 69.1 Å². The first-order chi connectivity index (χ1) is 19.4. The van der Waals surface area contributed by atoms with E-state index in [0.29, 0.717) is 49.8 Å². The van der Waals surface area contributed by atoms with Crippen molar-refractivity contribution in [3.05, 3.63) is 40.7 Å². The standard InChI is InChI=1S/C30H42N6O5/c1-5-22-27-24(15-30(3,4)16-25(27)37)36(35-22)19-8-11-21(28(32)39)23(14-19)34-18-6-9-20(10-7-18)41-29(40)17(2)33-26(38)12-13-31/h8,11,14,17-18,20,34H,5-7,9-10,12-13,15-16,31H2,1-4H3,(H2,32,39)(H,33,38)/t17-,18?,20?/m0/s1. The number of carbonyl (C=O) groups excluding carboxylic acids is 4. The van der Waals surface area contributed by atoms with Crippen LogP contribution in [0.4, 0.5) is 5.69 Å². The van der Waals surface area contributed by atoms with Gasteiger partial charge in [0.1, 0.15) is 12.1 Å². The summed E-state index contributed by atoms with van der Waals surface area (Å²) in [6.45, 7) is 7.99. The third-order valence-corrected chi connectivity index (χ3v) is 7.88. The van der Waals surface area contributed by atoms with Gasteiger partial charge in [-0.2, -0.15) is 5.10 Å². The Balaban J connectivity index is 1.48. The number of primary amides is 1. The maximum absolute atomic E-state index is 13.0. The van der Waals surface area contributed by atoms with Crippen LogP contribution in [0, 0.1) is 5.41 Å². The molecule has 1 atom stereocenters. The number of Topliss-reactive ketones (excluding diaryl/α,β-unsaturated/α-hetero) is 1. The molecule has 4 rings (SSSR count). The van der Waals surface area contributed by atoms with Crippen molar-refractivity contribution in [1.29, 1.82) is 0 Å². The lowest BCUT2D eigenvalue weighted by molar-refractivity contribution is -0.154. The van der Waals surface area contributed by atoms with Crippen molar-refractivity contribution in [2.24, 2.45) is 16.9 Å². The molecule has 222 valence electrons. The summed E-state index contributed by atoms with van der Waals surface area (Å²) in [5.41, 5.74) is 15.1. The van der Waals surface area contributed by atoms with Crippen LogP contribution in [0.2, 0.25) is 0 Å². The third kappa shape index (κ3) is 6.95. The maximum atomic E-state index is 13.0. The Bertz CT molecular complexity index is 1320. The number of nitrogens with two attached hydrogens (primary N) is 2. The summed E-state index contributed by atoms with van der Waals surface area (Å²) in [6, 6.07) is 4.68. The molecule has 1 fully saturated rings. The van der Waals surface area contributed by atoms with Crippen LogP contribution in [0.25, 0.3) is 5.69 Å². The Morgan fingerprint density at radius 2 is 1.88 bits per heavy atom. The zero-order chi connectivity index (χ0) is 29.9. The van der Waals surface area contributed by atoms with Crippen LogP contribution in [0.15, 0.2) is 18.2 Å². The highest BCUT2D eigenvalue weighted by atomic mass is 16.5. The van der Waals surface area contributed by atoms with Gasteiger partial charge in [0, 0.05) is 31.1 Å². The smallest absolute Gasteiger partial charge is 0.328 e. The topological polar surface area (TPSA) is 171 Å². The normalized spacial score (nSPS) is 20.6. The lowest BCUT2D eigenvalue weighted by Gasteiger charge is -2.31. The number of hydrogen-bond acceptors (Lipinski definition) is 8. The van der Waals surface area contributed by atoms with Crippen molar-refractivity contribution in [2.45, 2.75) is 97.2 Å². The van der Waals surface area contributed by atoms with E-state index < -0.39 is 17.9 Å². The Morgan fingerprint density at radius 3 is 2.51 bits per heavy atom. The average Bonchev–Trinajstić information content (AvgIpc) is 3.27. The van der Waals surface area contributed by atoms with Crippen LogP contribution in [0.3, 0.4) is 0 Å². The molecule has 0 unspecified atom stereocenters. The fraction of sp³-hybridized carbons (Fsp3) is 0.567. The summed E-state index contributed by atoms with van der Waals surface area (Å²) >= 11 is 0. The average molecular weight is 567 g/mol. The minimum Gasteiger partial charge on any atom is -0.461 e. The number of nitrogens with one attached hydrogen (secondary N) is 2. The van der Waals surface area contributed by atoms with Gasteiger partial charge in [-0.25, -0.2) is 9.48 Å². The van der Waals surface area contributed by atoms with Crippen molar-refractivity contribution in [3.8, 4) is 5.69 Å². The van der Waals surface area contributed by atoms with Crippen LogP contribution in [-0.2, 0) is 27.2 Å². The Hall–Kier alpha value is -3.73. The fourth-order valence-corrected chi connectivity index (χ4v) is 5.80. The summed E-state index contributed by atoms with van der Waals surface area (Å²) in [7, 11) is 0. The van der Waals surface area contributed by atoms with Crippen LogP contribution in [-0.4, -0.2) is 58.1 Å². The molecule has 2 aromatic rings. The molecule has 41 heavy (non-hydrogen) atoms. The number of fused-ring (bicyclic) bond motifs is 1. The summed E-state index contributed by atoms with van der Waals surface area (Å²) in [5, 5.41) is 10.9. The first kappa shape index (κ1) is 30.2. The second kappa shape index (κ2) is 12.4. The van der Waals surface area contributed by atoms with Crippen LogP contribution in [0.5, 0.6) is 0 Å². The zero-order valence-electron chi connectivity index (χ0n) is 24.4. The molecule has 2 aliphatic rings. The summed E-state index contributed by atoms with van der Waals surface area (Å²) < 4.78 is 7.47. The highest BCUT2D eigenvalue weighted by molar-refractivity contribution is 6.00. The second-order valence-corrected chi connectivity index (χ2v) is 12.0. The number of carbonyl (C=O) groups is 4. The Morgan fingerprint density at radius 1 is 1.17 bits per heavy atom. The fourth-order valence-electron chi connectivity index (χ4n) is 5.80. The van der Waals surface area contributed by atoms with Crippen molar-refractivity contribution < 1.29 is 23.9 Å². The number of benzene rings is 1. The molecule has 1 aromatic carbocycles. The molecule has 0 saturated heterocycles. The number of rotatable bonds is 10. The lowest BCUT2D eigenvalue weighted by Crippen LogP contribution is -2.42. The van der Waals surface area contributed by atoms with Gasteiger partial charge in [0.15, 0.2) is 5.78 Å². The van der Waals surface area contributed by atoms with E-state index >= 15 is 0 Å². The number of aryl methyl sites for hydroxylation is 1. The molecule has 1 saturated carbocycles. The van der Waals surface area contributed by atoms with E-state index in [0.717, 1.165) is 29.1 Å². The number of hydrogen-bond donors (Lipinski definition) is 4. The number of ketones is 1. The molecular formula is C30H42N6O5. The molecule has 2 amide bonds. The predicted molar refractivity (Wildman–Crippen MR) is 155 cm³/mol. The number of nitrogens with zero attached hydrogens (tertiary/aromatic N) is 2. The van der Waals surface area contributed by atoms with Crippen molar-refractivity contribution >= 4 is 29.3 Å². The van der Waals surface area contributed by atoms with E-state index in [4.69, 9.17) is 21.3 Å². The Kier molecular flexibility index (Phi) is 9.16. The molecule has 0 spiro atoms. The molecular weight excluding hydrogens is 524 g/mol.